The fraction of sp³-hybridized carbons (Fsp3) is 0.417. The molecule has 1 aromatic rings. The standard InChI is InChI=1S/C12H12Cl2N2O3S/c13-10-4-8(16(18)19)3-9(11(10)14)12(17)15-5-7-1-2-20-6-7/h3-4,7H,1-2,5-6H2,(H,15,17). The van der Waals surface area contributed by atoms with Crippen LogP contribution in [0.5, 0.6) is 0 Å². The predicted molar refractivity (Wildman–Crippen MR) is 80.9 cm³/mol. The molecule has 1 atom stereocenters. The van der Waals surface area contributed by atoms with Gasteiger partial charge in [0.2, 0.25) is 0 Å². The minimum atomic E-state index is -0.605. The molecule has 2 rings (SSSR count). The summed E-state index contributed by atoms with van der Waals surface area (Å²) in [6.45, 7) is 0.544. The number of carbonyl (C=O) groups is 1. The first-order valence-electron chi connectivity index (χ1n) is 5.98. The van der Waals surface area contributed by atoms with Crippen LogP contribution in [0.4, 0.5) is 5.69 Å². The van der Waals surface area contributed by atoms with Crippen LogP contribution in [0, 0.1) is 16.0 Å². The highest BCUT2D eigenvalue weighted by Gasteiger charge is 2.21. The lowest BCUT2D eigenvalue weighted by atomic mass is 10.1. The van der Waals surface area contributed by atoms with E-state index in [-0.39, 0.29) is 21.3 Å². The van der Waals surface area contributed by atoms with Gasteiger partial charge in [-0.15, -0.1) is 0 Å². The Kier molecular flexibility index (Phi) is 5.12. The number of nitro benzene ring substituents is 1. The summed E-state index contributed by atoms with van der Waals surface area (Å²) < 4.78 is 0. The molecule has 0 bridgehead atoms. The van der Waals surface area contributed by atoms with Crippen molar-refractivity contribution in [3.63, 3.8) is 0 Å². The molecule has 1 aliphatic heterocycles. The molecule has 5 nitrogen and oxygen atoms in total. The van der Waals surface area contributed by atoms with Crippen molar-refractivity contribution in [3.05, 3.63) is 37.9 Å². The van der Waals surface area contributed by atoms with Gasteiger partial charge in [0.15, 0.2) is 0 Å². The van der Waals surface area contributed by atoms with Crippen LogP contribution in [-0.2, 0) is 0 Å². The normalized spacial score (nSPS) is 18.0. The lowest BCUT2D eigenvalue weighted by Gasteiger charge is -2.11. The molecule has 108 valence electrons. The predicted octanol–water partition coefficient (Wildman–Crippen LogP) is 3.38. The lowest BCUT2D eigenvalue weighted by Crippen LogP contribution is -2.29. The van der Waals surface area contributed by atoms with Crippen LogP contribution in [-0.4, -0.2) is 28.9 Å². The van der Waals surface area contributed by atoms with E-state index < -0.39 is 10.8 Å². The maximum absolute atomic E-state index is 12.1. The fourth-order valence-electron chi connectivity index (χ4n) is 1.92. The Hall–Kier alpha value is -0.980. The molecule has 0 aromatic heterocycles. The van der Waals surface area contributed by atoms with Crippen LogP contribution >= 0.6 is 35.0 Å². The third kappa shape index (κ3) is 3.56. The molecule has 1 aromatic carbocycles. The Morgan fingerprint density at radius 1 is 1.50 bits per heavy atom. The van der Waals surface area contributed by atoms with E-state index >= 15 is 0 Å². The van der Waals surface area contributed by atoms with Crippen molar-refractivity contribution in [2.75, 3.05) is 18.1 Å². The van der Waals surface area contributed by atoms with Gasteiger partial charge in [0.05, 0.1) is 20.5 Å². The average Bonchev–Trinajstić information content (AvgIpc) is 2.92. The average molecular weight is 335 g/mol. The van der Waals surface area contributed by atoms with E-state index in [9.17, 15) is 14.9 Å². The topological polar surface area (TPSA) is 72.2 Å². The second-order valence-corrected chi connectivity index (χ2v) is 6.42. The molecule has 1 aliphatic rings. The first-order chi connectivity index (χ1) is 9.49. The Labute approximate surface area is 130 Å². The van der Waals surface area contributed by atoms with Gasteiger partial charge in [-0.3, -0.25) is 14.9 Å². The van der Waals surface area contributed by atoms with Gasteiger partial charge in [-0.2, -0.15) is 11.8 Å². The Morgan fingerprint density at radius 3 is 2.85 bits per heavy atom. The molecule has 1 saturated heterocycles. The van der Waals surface area contributed by atoms with Crippen molar-refractivity contribution in [3.8, 4) is 0 Å². The highest BCUT2D eigenvalue weighted by Crippen LogP contribution is 2.31. The molecule has 0 radical (unpaired) electrons. The number of non-ortho nitro benzene ring substituents is 1. The summed E-state index contributed by atoms with van der Waals surface area (Å²) in [6.07, 6.45) is 1.06. The summed E-state index contributed by atoms with van der Waals surface area (Å²) in [5.74, 6) is 2.13. The van der Waals surface area contributed by atoms with E-state index in [0.717, 1.165) is 30.1 Å². The van der Waals surface area contributed by atoms with E-state index in [4.69, 9.17) is 23.2 Å². The van der Waals surface area contributed by atoms with E-state index in [0.29, 0.717) is 12.5 Å². The fourth-order valence-corrected chi connectivity index (χ4v) is 3.62. The second-order valence-electron chi connectivity index (χ2n) is 4.49. The van der Waals surface area contributed by atoms with Gasteiger partial charge < -0.3 is 5.32 Å². The van der Waals surface area contributed by atoms with Crippen molar-refractivity contribution in [2.45, 2.75) is 6.42 Å². The molecule has 0 saturated carbocycles. The number of carbonyl (C=O) groups excluding carboxylic acids is 1. The van der Waals surface area contributed by atoms with E-state index in [1.807, 2.05) is 11.8 Å². The second kappa shape index (κ2) is 6.65. The van der Waals surface area contributed by atoms with Crippen molar-refractivity contribution >= 4 is 46.6 Å². The summed E-state index contributed by atoms with van der Waals surface area (Å²) in [5, 5.41) is 13.6. The molecular weight excluding hydrogens is 323 g/mol. The number of halogens is 2. The first kappa shape index (κ1) is 15.4. The monoisotopic (exact) mass is 334 g/mol. The number of nitrogens with one attached hydrogen (secondary N) is 1. The number of rotatable bonds is 4. The van der Waals surface area contributed by atoms with Gasteiger partial charge in [-0.1, -0.05) is 23.2 Å². The molecule has 20 heavy (non-hydrogen) atoms. The minimum Gasteiger partial charge on any atom is -0.352 e. The third-order valence-electron chi connectivity index (χ3n) is 3.04. The number of amides is 1. The number of thioether (sulfide) groups is 1. The maximum Gasteiger partial charge on any atom is 0.271 e. The summed E-state index contributed by atoms with van der Waals surface area (Å²) in [6, 6.07) is 2.28. The van der Waals surface area contributed by atoms with Crippen LogP contribution in [0.25, 0.3) is 0 Å². The van der Waals surface area contributed by atoms with Crippen LogP contribution in [0.15, 0.2) is 12.1 Å². The van der Waals surface area contributed by atoms with E-state index in [2.05, 4.69) is 5.32 Å². The minimum absolute atomic E-state index is 0.00226. The molecular formula is C12H12Cl2N2O3S. The lowest BCUT2D eigenvalue weighted by molar-refractivity contribution is -0.384. The quantitative estimate of drug-likeness (QED) is 0.676. The van der Waals surface area contributed by atoms with Gasteiger partial charge in [0.1, 0.15) is 0 Å². The maximum atomic E-state index is 12.1. The smallest absolute Gasteiger partial charge is 0.271 e. The highest BCUT2D eigenvalue weighted by molar-refractivity contribution is 7.99. The van der Waals surface area contributed by atoms with E-state index in [1.54, 1.807) is 0 Å². The van der Waals surface area contributed by atoms with Gasteiger partial charge >= 0.3 is 0 Å². The zero-order valence-corrected chi connectivity index (χ0v) is 12.7. The van der Waals surface area contributed by atoms with Crippen molar-refractivity contribution in [1.29, 1.82) is 0 Å². The Bertz CT molecular complexity index is 548. The highest BCUT2D eigenvalue weighted by atomic mass is 35.5. The molecule has 1 heterocycles. The zero-order chi connectivity index (χ0) is 14.7. The molecule has 1 unspecified atom stereocenters. The van der Waals surface area contributed by atoms with Crippen LogP contribution in [0.2, 0.25) is 10.0 Å². The number of benzene rings is 1. The Balaban J connectivity index is 2.13. The van der Waals surface area contributed by atoms with Crippen LogP contribution < -0.4 is 5.32 Å². The van der Waals surface area contributed by atoms with Crippen molar-refractivity contribution < 1.29 is 9.72 Å². The molecule has 0 spiro atoms. The number of nitrogens with zero attached hydrogens (tertiary/aromatic N) is 1. The molecule has 1 fully saturated rings. The largest absolute Gasteiger partial charge is 0.352 e. The summed E-state index contributed by atoms with van der Waals surface area (Å²) in [5.41, 5.74) is -0.211. The zero-order valence-electron chi connectivity index (χ0n) is 10.4. The SMILES string of the molecule is O=C(NCC1CCSC1)c1cc([N+](=O)[O-])cc(Cl)c1Cl. The summed E-state index contributed by atoms with van der Waals surface area (Å²) in [4.78, 5) is 22.2. The van der Waals surface area contributed by atoms with Gasteiger partial charge in [-0.25, -0.2) is 0 Å². The first-order valence-corrected chi connectivity index (χ1v) is 7.89. The van der Waals surface area contributed by atoms with Crippen LogP contribution in [0.1, 0.15) is 16.8 Å². The number of hydrogen-bond acceptors (Lipinski definition) is 4. The summed E-state index contributed by atoms with van der Waals surface area (Å²) >= 11 is 13.6. The number of nitro groups is 1. The third-order valence-corrected chi connectivity index (χ3v) is 5.08. The van der Waals surface area contributed by atoms with Gasteiger partial charge in [0.25, 0.3) is 11.6 Å². The van der Waals surface area contributed by atoms with E-state index in [1.165, 1.54) is 0 Å². The van der Waals surface area contributed by atoms with Gasteiger partial charge in [0, 0.05) is 18.7 Å². The van der Waals surface area contributed by atoms with Crippen LogP contribution in [0.3, 0.4) is 0 Å². The molecule has 1 amide bonds. The summed E-state index contributed by atoms with van der Waals surface area (Å²) in [7, 11) is 0. The number of hydrogen-bond donors (Lipinski definition) is 1. The van der Waals surface area contributed by atoms with Crippen molar-refractivity contribution in [1.82, 2.24) is 5.32 Å². The van der Waals surface area contributed by atoms with Crippen molar-refractivity contribution in [2.24, 2.45) is 5.92 Å². The molecule has 1 N–H and O–H groups in total. The van der Waals surface area contributed by atoms with Gasteiger partial charge in [-0.05, 0) is 23.8 Å². The Morgan fingerprint density at radius 2 is 2.25 bits per heavy atom. The molecule has 0 aliphatic carbocycles. The molecule has 8 heteroatoms.